The molecule has 0 spiro atoms. The summed E-state index contributed by atoms with van der Waals surface area (Å²) in [5.74, 6) is 3.13. The Morgan fingerprint density at radius 1 is 1.11 bits per heavy atom. The van der Waals surface area contributed by atoms with Crippen LogP contribution in [-0.2, 0) is 6.54 Å². The Morgan fingerprint density at radius 3 is 2.61 bits per heavy atom. The Hall–Kier alpha value is -2.96. The van der Waals surface area contributed by atoms with E-state index < -0.39 is 0 Å². The zero-order valence-corrected chi connectivity index (χ0v) is 16.9. The Labute approximate surface area is 166 Å². The van der Waals surface area contributed by atoms with Gasteiger partial charge in [-0.1, -0.05) is 0 Å². The zero-order chi connectivity index (χ0) is 19.8. The first-order valence-corrected chi connectivity index (χ1v) is 9.70. The molecule has 28 heavy (non-hydrogen) atoms. The number of aromatic nitrogens is 1. The molecule has 2 aromatic rings. The molecule has 2 heterocycles. The second-order valence-corrected chi connectivity index (χ2v) is 6.61. The lowest BCUT2D eigenvalue weighted by Gasteiger charge is -2.17. The van der Waals surface area contributed by atoms with E-state index in [1.165, 1.54) is 12.8 Å². The maximum Gasteiger partial charge on any atom is 0.196 e. The van der Waals surface area contributed by atoms with Crippen molar-refractivity contribution in [2.45, 2.75) is 26.3 Å². The number of aliphatic imine (C=N–C) groups is 1. The van der Waals surface area contributed by atoms with E-state index in [0.717, 1.165) is 36.7 Å². The summed E-state index contributed by atoms with van der Waals surface area (Å²) in [6.45, 7) is 5.57. The van der Waals surface area contributed by atoms with Gasteiger partial charge in [0.1, 0.15) is 5.82 Å². The summed E-state index contributed by atoms with van der Waals surface area (Å²) in [5.41, 5.74) is 2.02. The smallest absolute Gasteiger partial charge is 0.196 e. The summed E-state index contributed by atoms with van der Waals surface area (Å²) < 4.78 is 10.7. The molecule has 0 bridgehead atoms. The fourth-order valence-electron chi connectivity index (χ4n) is 3.21. The lowest BCUT2D eigenvalue weighted by atomic mass is 10.2. The van der Waals surface area contributed by atoms with E-state index in [9.17, 15) is 0 Å². The molecule has 3 rings (SSSR count). The van der Waals surface area contributed by atoms with E-state index in [0.29, 0.717) is 24.0 Å². The fourth-order valence-corrected chi connectivity index (χ4v) is 3.21. The number of methoxy groups -OCH3 is 2. The molecule has 7 nitrogen and oxygen atoms in total. The molecular formula is C21H29N5O2. The van der Waals surface area contributed by atoms with Crippen LogP contribution in [0.3, 0.4) is 0 Å². The Kier molecular flexibility index (Phi) is 6.94. The summed E-state index contributed by atoms with van der Waals surface area (Å²) in [6.07, 6.45) is 4.35. The van der Waals surface area contributed by atoms with Gasteiger partial charge in [0.05, 0.1) is 20.8 Å². The molecule has 0 amide bonds. The third-order valence-corrected chi connectivity index (χ3v) is 4.65. The monoisotopic (exact) mass is 383 g/mol. The van der Waals surface area contributed by atoms with Crippen LogP contribution in [-0.4, -0.2) is 44.8 Å². The number of hydrogen-bond acceptors (Lipinski definition) is 5. The van der Waals surface area contributed by atoms with Gasteiger partial charge in [-0.05, 0) is 49.6 Å². The molecule has 1 saturated heterocycles. The maximum absolute atomic E-state index is 5.37. The van der Waals surface area contributed by atoms with Crippen LogP contribution in [0.5, 0.6) is 11.5 Å². The highest BCUT2D eigenvalue weighted by Gasteiger charge is 2.13. The van der Waals surface area contributed by atoms with E-state index in [1.807, 2.05) is 37.4 Å². The molecule has 1 aromatic heterocycles. The largest absolute Gasteiger partial charge is 0.493 e. The van der Waals surface area contributed by atoms with Crippen molar-refractivity contribution in [3.8, 4) is 11.5 Å². The quantitative estimate of drug-likeness (QED) is 0.565. The number of guanidine groups is 1. The topological polar surface area (TPSA) is 71.0 Å². The molecule has 1 aromatic carbocycles. The minimum Gasteiger partial charge on any atom is -0.493 e. The van der Waals surface area contributed by atoms with Gasteiger partial charge in [-0.2, -0.15) is 0 Å². The SMILES string of the molecule is CCNC(=NCc1ccnc(N2CCCC2)c1)Nc1ccc(OC)c(OC)c1. The number of nitrogens with one attached hydrogen (secondary N) is 2. The van der Waals surface area contributed by atoms with Gasteiger partial charge in [-0.15, -0.1) is 0 Å². The van der Waals surface area contributed by atoms with Crippen LogP contribution in [0.4, 0.5) is 11.5 Å². The highest BCUT2D eigenvalue weighted by atomic mass is 16.5. The van der Waals surface area contributed by atoms with Gasteiger partial charge in [-0.3, -0.25) is 0 Å². The Balaban J connectivity index is 1.71. The summed E-state index contributed by atoms with van der Waals surface area (Å²) in [4.78, 5) is 11.6. The number of ether oxygens (including phenoxy) is 2. The molecule has 1 aliphatic heterocycles. The predicted molar refractivity (Wildman–Crippen MR) is 114 cm³/mol. The highest BCUT2D eigenvalue weighted by Crippen LogP contribution is 2.29. The van der Waals surface area contributed by atoms with Crippen molar-refractivity contribution in [1.82, 2.24) is 10.3 Å². The average Bonchev–Trinajstić information content (AvgIpc) is 3.27. The van der Waals surface area contributed by atoms with Crippen molar-refractivity contribution in [3.05, 3.63) is 42.1 Å². The zero-order valence-electron chi connectivity index (χ0n) is 16.9. The van der Waals surface area contributed by atoms with Crippen molar-refractivity contribution in [2.24, 2.45) is 4.99 Å². The molecule has 1 fully saturated rings. The number of anilines is 2. The van der Waals surface area contributed by atoms with E-state index in [2.05, 4.69) is 26.6 Å². The van der Waals surface area contributed by atoms with Crippen molar-refractivity contribution >= 4 is 17.5 Å². The second kappa shape index (κ2) is 9.82. The molecule has 1 aliphatic rings. The third-order valence-electron chi connectivity index (χ3n) is 4.65. The molecule has 7 heteroatoms. The fraction of sp³-hybridized carbons (Fsp3) is 0.429. The number of nitrogens with zero attached hydrogens (tertiary/aromatic N) is 3. The number of rotatable bonds is 7. The van der Waals surface area contributed by atoms with Crippen LogP contribution < -0.4 is 25.0 Å². The molecule has 0 saturated carbocycles. The van der Waals surface area contributed by atoms with E-state index in [-0.39, 0.29) is 0 Å². The van der Waals surface area contributed by atoms with Crippen LogP contribution in [0.2, 0.25) is 0 Å². The molecule has 150 valence electrons. The molecule has 0 unspecified atom stereocenters. The lowest BCUT2D eigenvalue weighted by Crippen LogP contribution is -2.30. The Bertz CT molecular complexity index is 803. The van der Waals surface area contributed by atoms with Gasteiger partial charge in [0.25, 0.3) is 0 Å². The van der Waals surface area contributed by atoms with E-state index >= 15 is 0 Å². The van der Waals surface area contributed by atoms with Crippen LogP contribution in [0, 0.1) is 0 Å². The average molecular weight is 383 g/mol. The maximum atomic E-state index is 5.37. The summed E-state index contributed by atoms with van der Waals surface area (Å²) in [5, 5.41) is 6.60. The van der Waals surface area contributed by atoms with Crippen molar-refractivity contribution in [3.63, 3.8) is 0 Å². The molecule has 2 N–H and O–H groups in total. The minimum atomic E-state index is 0.575. The van der Waals surface area contributed by atoms with Crippen molar-refractivity contribution in [1.29, 1.82) is 0 Å². The molecule has 0 radical (unpaired) electrons. The molecular weight excluding hydrogens is 354 g/mol. The van der Waals surface area contributed by atoms with Gasteiger partial charge in [0.15, 0.2) is 17.5 Å². The van der Waals surface area contributed by atoms with Gasteiger partial charge >= 0.3 is 0 Å². The Morgan fingerprint density at radius 2 is 1.89 bits per heavy atom. The highest BCUT2D eigenvalue weighted by molar-refractivity contribution is 5.93. The third kappa shape index (κ3) is 5.06. The van der Waals surface area contributed by atoms with E-state index in [4.69, 9.17) is 14.5 Å². The standard InChI is InChI=1S/C21H29N5O2/c1-4-22-21(25-17-7-8-18(27-2)19(14-17)28-3)24-15-16-9-10-23-20(13-16)26-11-5-6-12-26/h7-10,13-14H,4-6,11-12,15H2,1-3H3,(H2,22,24,25). The van der Waals surface area contributed by atoms with Crippen molar-refractivity contribution in [2.75, 3.05) is 44.1 Å². The summed E-state index contributed by atoms with van der Waals surface area (Å²) >= 11 is 0. The normalized spacial score (nSPS) is 14.1. The van der Waals surface area contributed by atoms with Crippen molar-refractivity contribution < 1.29 is 9.47 Å². The molecule has 0 atom stereocenters. The molecule has 0 aliphatic carbocycles. The van der Waals surface area contributed by atoms with Gasteiger partial charge in [0.2, 0.25) is 0 Å². The predicted octanol–water partition coefficient (Wildman–Crippen LogP) is 3.28. The minimum absolute atomic E-state index is 0.575. The van der Waals surface area contributed by atoms with Gasteiger partial charge < -0.3 is 25.0 Å². The number of benzene rings is 1. The van der Waals surface area contributed by atoms with Gasteiger partial charge in [0, 0.05) is 37.6 Å². The van der Waals surface area contributed by atoms with Gasteiger partial charge in [-0.25, -0.2) is 9.98 Å². The first kappa shape index (κ1) is 19.8. The van der Waals surface area contributed by atoms with Crippen LogP contribution in [0.25, 0.3) is 0 Å². The first-order chi connectivity index (χ1) is 13.7. The van der Waals surface area contributed by atoms with Crippen LogP contribution in [0.1, 0.15) is 25.3 Å². The first-order valence-electron chi connectivity index (χ1n) is 9.70. The van der Waals surface area contributed by atoms with Crippen LogP contribution >= 0.6 is 0 Å². The second-order valence-electron chi connectivity index (χ2n) is 6.61. The number of hydrogen-bond donors (Lipinski definition) is 2. The summed E-state index contributed by atoms with van der Waals surface area (Å²) in [7, 11) is 3.25. The lowest BCUT2D eigenvalue weighted by molar-refractivity contribution is 0.355. The van der Waals surface area contributed by atoms with E-state index in [1.54, 1.807) is 14.2 Å². The van der Waals surface area contributed by atoms with Crippen LogP contribution in [0.15, 0.2) is 41.5 Å². The number of pyridine rings is 1. The summed E-state index contributed by atoms with van der Waals surface area (Å²) in [6, 6.07) is 9.85.